The lowest BCUT2D eigenvalue weighted by Crippen LogP contribution is -2.40. The Kier molecular flexibility index (Phi) is 8.57. The van der Waals surface area contributed by atoms with Crippen molar-refractivity contribution in [1.82, 2.24) is 14.9 Å². The van der Waals surface area contributed by atoms with Crippen molar-refractivity contribution >= 4 is 21.6 Å². The highest BCUT2D eigenvalue weighted by Crippen LogP contribution is 2.35. The molecular formula is C28H27F3N4O5S. The maximum absolute atomic E-state index is 13.7. The summed E-state index contributed by atoms with van der Waals surface area (Å²) in [7, 11) is -1.84. The largest absolute Gasteiger partial charge is 0.493 e. The van der Waals surface area contributed by atoms with Crippen molar-refractivity contribution in [1.29, 1.82) is 0 Å². The van der Waals surface area contributed by atoms with Gasteiger partial charge in [-0.05, 0) is 55.0 Å². The van der Waals surface area contributed by atoms with Crippen LogP contribution in [0.15, 0.2) is 84.0 Å². The number of carbonyl (C=O) groups excluding carboxylic acids is 1. The second-order valence-corrected chi connectivity index (χ2v) is 10.7. The van der Waals surface area contributed by atoms with E-state index in [1.807, 2.05) is 29.8 Å². The number of rotatable bonds is 10. The van der Waals surface area contributed by atoms with Crippen LogP contribution in [0.25, 0.3) is 5.69 Å². The van der Waals surface area contributed by atoms with E-state index in [2.05, 4.69) is 10.3 Å². The summed E-state index contributed by atoms with van der Waals surface area (Å²) in [4.78, 5) is 16.9. The van der Waals surface area contributed by atoms with Crippen molar-refractivity contribution in [3.8, 4) is 17.2 Å². The molecule has 0 aliphatic carbocycles. The summed E-state index contributed by atoms with van der Waals surface area (Å²) in [5.74, 6) is 0.429. The van der Waals surface area contributed by atoms with E-state index in [9.17, 15) is 26.4 Å². The molecule has 13 heteroatoms. The molecule has 41 heavy (non-hydrogen) atoms. The lowest BCUT2D eigenvalue weighted by Gasteiger charge is -2.25. The topological polar surface area (TPSA) is 103 Å². The number of halogens is 3. The van der Waals surface area contributed by atoms with Crippen LogP contribution in [0.4, 0.5) is 18.9 Å². The van der Waals surface area contributed by atoms with E-state index in [0.717, 1.165) is 29.2 Å². The molecule has 0 spiro atoms. The van der Waals surface area contributed by atoms with Crippen molar-refractivity contribution in [2.75, 3.05) is 25.1 Å². The minimum Gasteiger partial charge on any atom is -0.493 e. The molecule has 1 aromatic heterocycles. The summed E-state index contributed by atoms with van der Waals surface area (Å²) < 4.78 is 80.7. The predicted octanol–water partition coefficient (Wildman–Crippen LogP) is 4.73. The van der Waals surface area contributed by atoms with Crippen LogP contribution in [-0.4, -0.2) is 44.6 Å². The number of methoxy groups -OCH3 is 2. The minimum atomic E-state index is -4.72. The molecule has 9 nitrogen and oxygen atoms in total. The van der Waals surface area contributed by atoms with E-state index in [4.69, 9.17) is 9.47 Å². The van der Waals surface area contributed by atoms with Gasteiger partial charge >= 0.3 is 6.18 Å². The fraction of sp³-hybridized carbons (Fsp3) is 0.214. The zero-order valence-electron chi connectivity index (χ0n) is 22.3. The third-order valence-electron chi connectivity index (χ3n) is 6.22. The van der Waals surface area contributed by atoms with Crippen molar-refractivity contribution in [3.63, 3.8) is 0 Å². The van der Waals surface area contributed by atoms with Crippen LogP contribution >= 0.6 is 0 Å². The summed E-state index contributed by atoms with van der Waals surface area (Å²) in [5, 5.41) is 2.64. The van der Waals surface area contributed by atoms with Gasteiger partial charge in [-0.2, -0.15) is 13.2 Å². The second-order valence-electron chi connectivity index (χ2n) is 8.86. The van der Waals surface area contributed by atoms with Crippen molar-refractivity contribution in [3.05, 3.63) is 96.1 Å². The zero-order valence-corrected chi connectivity index (χ0v) is 23.2. The Hall–Kier alpha value is -4.52. The molecule has 216 valence electrons. The summed E-state index contributed by atoms with van der Waals surface area (Å²) >= 11 is 0. The van der Waals surface area contributed by atoms with Crippen LogP contribution in [0, 0.1) is 6.92 Å². The van der Waals surface area contributed by atoms with Crippen LogP contribution in [-0.2, 0) is 27.5 Å². The molecule has 4 rings (SSSR count). The molecule has 0 radical (unpaired) electrons. The van der Waals surface area contributed by atoms with E-state index in [0.29, 0.717) is 10.4 Å². The first-order chi connectivity index (χ1) is 19.4. The number of benzene rings is 3. The van der Waals surface area contributed by atoms with Gasteiger partial charge in [0.15, 0.2) is 11.5 Å². The van der Waals surface area contributed by atoms with E-state index in [-0.39, 0.29) is 28.6 Å². The van der Waals surface area contributed by atoms with E-state index in [1.165, 1.54) is 38.5 Å². The summed E-state index contributed by atoms with van der Waals surface area (Å²) in [6.45, 7) is 1.15. The minimum absolute atomic E-state index is 0.0643. The van der Waals surface area contributed by atoms with Crippen LogP contribution in [0.1, 0.15) is 17.0 Å². The smallest absolute Gasteiger partial charge is 0.416 e. The van der Waals surface area contributed by atoms with E-state index < -0.39 is 34.2 Å². The zero-order chi connectivity index (χ0) is 29.8. The molecule has 3 aromatic carbocycles. The number of hydrogen-bond acceptors (Lipinski definition) is 6. The lowest BCUT2D eigenvalue weighted by atomic mass is 10.2. The number of nitrogens with one attached hydrogen (secondary N) is 1. The Morgan fingerprint density at radius 2 is 1.71 bits per heavy atom. The summed E-state index contributed by atoms with van der Waals surface area (Å²) in [6, 6.07) is 14.8. The average Bonchev–Trinajstić information content (AvgIpc) is 3.39. The third-order valence-corrected chi connectivity index (χ3v) is 7.99. The van der Waals surface area contributed by atoms with Gasteiger partial charge in [0, 0.05) is 30.7 Å². The Morgan fingerprint density at radius 1 is 1.00 bits per heavy atom. The number of sulfonamides is 1. The van der Waals surface area contributed by atoms with Crippen LogP contribution < -0.4 is 19.1 Å². The number of aryl methyl sites for hydroxylation is 1. The van der Waals surface area contributed by atoms with Crippen molar-refractivity contribution < 1.29 is 35.9 Å². The fourth-order valence-corrected chi connectivity index (χ4v) is 5.50. The van der Waals surface area contributed by atoms with E-state index in [1.54, 1.807) is 18.3 Å². The Balaban J connectivity index is 1.60. The molecule has 1 heterocycles. The summed E-state index contributed by atoms with van der Waals surface area (Å²) in [6.07, 6.45) is -1.23. The van der Waals surface area contributed by atoms with Gasteiger partial charge < -0.3 is 19.4 Å². The number of imidazole rings is 1. The number of hydrogen-bond donors (Lipinski definition) is 1. The normalized spacial score (nSPS) is 11.7. The molecule has 1 amide bonds. The molecule has 0 bridgehead atoms. The molecule has 1 N–H and O–H groups in total. The second kappa shape index (κ2) is 11.9. The molecule has 0 unspecified atom stereocenters. The van der Waals surface area contributed by atoms with Gasteiger partial charge in [-0.3, -0.25) is 9.10 Å². The van der Waals surface area contributed by atoms with Gasteiger partial charge in [0.25, 0.3) is 10.0 Å². The number of ether oxygens (including phenoxy) is 2. The maximum Gasteiger partial charge on any atom is 0.416 e. The van der Waals surface area contributed by atoms with Crippen molar-refractivity contribution in [2.24, 2.45) is 0 Å². The highest BCUT2D eigenvalue weighted by atomic mass is 32.2. The molecule has 0 fully saturated rings. The Labute approximate surface area is 235 Å². The Morgan fingerprint density at radius 3 is 2.32 bits per heavy atom. The average molecular weight is 589 g/mol. The molecule has 4 aromatic rings. The van der Waals surface area contributed by atoms with Crippen LogP contribution in [0.2, 0.25) is 0 Å². The molecule has 0 atom stereocenters. The summed E-state index contributed by atoms with van der Waals surface area (Å²) in [5.41, 5.74) is 0.209. The van der Waals surface area contributed by atoms with Crippen LogP contribution in [0.5, 0.6) is 11.5 Å². The molecule has 0 aliphatic rings. The first-order valence-electron chi connectivity index (χ1n) is 12.2. The van der Waals surface area contributed by atoms with Gasteiger partial charge in [-0.1, -0.05) is 18.2 Å². The SMILES string of the molecule is COc1ccc(S(=O)(=O)N(CC(=O)NCc2ccc(-n3ccnc3C)cc2)c2cccc(C(F)(F)F)c2)cc1OC. The highest BCUT2D eigenvalue weighted by Gasteiger charge is 2.33. The quantitative estimate of drug-likeness (QED) is 0.288. The number of aromatic nitrogens is 2. The highest BCUT2D eigenvalue weighted by molar-refractivity contribution is 7.92. The molecule has 0 aliphatic heterocycles. The maximum atomic E-state index is 13.7. The molecule has 0 saturated carbocycles. The Bertz CT molecular complexity index is 1640. The molecule has 0 saturated heterocycles. The monoisotopic (exact) mass is 588 g/mol. The number of carbonyl (C=O) groups is 1. The molecular weight excluding hydrogens is 561 g/mol. The first kappa shape index (κ1) is 29.5. The predicted molar refractivity (Wildman–Crippen MR) is 146 cm³/mol. The fourth-order valence-electron chi connectivity index (χ4n) is 4.07. The number of amides is 1. The van der Waals surface area contributed by atoms with Gasteiger partial charge in [-0.25, -0.2) is 13.4 Å². The van der Waals surface area contributed by atoms with Gasteiger partial charge in [0.2, 0.25) is 5.91 Å². The van der Waals surface area contributed by atoms with Gasteiger partial charge in [0.05, 0.1) is 30.4 Å². The number of nitrogens with zero attached hydrogens (tertiary/aromatic N) is 3. The standard InChI is InChI=1S/C28H27F3N4O5S/c1-19-32-13-14-34(19)22-9-7-20(8-10-22)17-33-27(36)18-35(23-6-4-5-21(15-23)28(29,30)31)41(37,38)24-11-12-25(39-2)26(16-24)40-3/h4-16H,17-18H2,1-3H3,(H,33,36). The van der Waals surface area contributed by atoms with E-state index >= 15 is 0 Å². The van der Waals surface area contributed by atoms with Gasteiger partial charge in [0.1, 0.15) is 12.4 Å². The van der Waals surface area contributed by atoms with Gasteiger partial charge in [-0.15, -0.1) is 0 Å². The third kappa shape index (κ3) is 6.62. The lowest BCUT2D eigenvalue weighted by molar-refractivity contribution is -0.137. The van der Waals surface area contributed by atoms with Crippen LogP contribution in [0.3, 0.4) is 0 Å². The van der Waals surface area contributed by atoms with Crippen molar-refractivity contribution in [2.45, 2.75) is 24.5 Å². The number of anilines is 1. The number of alkyl halides is 3. The first-order valence-corrected chi connectivity index (χ1v) is 13.7.